The average molecular weight is 276 g/mol. The molecule has 3 N–H and O–H groups in total. The monoisotopic (exact) mass is 275 g/mol. The van der Waals surface area contributed by atoms with Gasteiger partial charge in [-0.25, -0.2) is 9.18 Å². The lowest BCUT2D eigenvalue weighted by molar-refractivity contribution is -0.141. The number of hydrogen-bond acceptors (Lipinski definition) is 3. The highest BCUT2D eigenvalue weighted by Gasteiger charge is 2.25. The molecule has 5 nitrogen and oxygen atoms in total. The molecule has 0 unspecified atom stereocenters. The van der Waals surface area contributed by atoms with Crippen LogP contribution in [0.4, 0.5) is 4.39 Å². The van der Waals surface area contributed by atoms with Crippen LogP contribution in [0.1, 0.15) is 17.3 Å². The molecule has 1 rings (SSSR count). The predicted molar refractivity (Wildman–Crippen MR) is 62.0 cm³/mol. The lowest BCUT2D eigenvalue weighted by Crippen LogP contribution is -2.47. The average Bonchev–Trinajstić information content (AvgIpc) is 2.28. The van der Waals surface area contributed by atoms with E-state index in [1.54, 1.807) is 0 Å². The number of aliphatic carboxylic acids is 1. The number of carbonyl (C=O) groups excluding carboxylic acids is 1. The molecule has 0 aliphatic heterocycles. The second-order valence-electron chi connectivity index (χ2n) is 3.66. The fourth-order valence-corrected chi connectivity index (χ4v) is 1.43. The summed E-state index contributed by atoms with van der Waals surface area (Å²) in [4.78, 5) is 22.4. The van der Waals surface area contributed by atoms with E-state index in [4.69, 9.17) is 16.7 Å². The highest BCUT2D eigenvalue weighted by Crippen LogP contribution is 2.16. The zero-order valence-corrected chi connectivity index (χ0v) is 10.1. The maximum Gasteiger partial charge on any atom is 0.328 e. The maximum absolute atomic E-state index is 12.9. The second-order valence-corrected chi connectivity index (χ2v) is 4.07. The van der Waals surface area contributed by atoms with E-state index in [2.05, 4.69) is 5.32 Å². The molecular weight excluding hydrogens is 265 g/mol. The summed E-state index contributed by atoms with van der Waals surface area (Å²) in [7, 11) is 0. The Morgan fingerprint density at radius 2 is 2.06 bits per heavy atom. The number of aliphatic hydroxyl groups excluding tert-OH is 1. The fraction of sp³-hybridized carbons (Fsp3) is 0.273. The first-order valence-corrected chi connectivity index (χ1v) is 5.37. The van der Waals surface area contributed by atoms with Gasteiger partial charge in [0.15, 0.2) is 6.04 Å². The van der Waals surface area contributed by atoms with Gasteiger partial charge in [-0.05, 0) is 25.1 Å². The molecule has 0 bridgehead atoms. The van der Waals surface area contributed by atoms with Gasteiger partial charge in [0.1, 0.15) is 5.82 Å². The number of carboxylic acid groups (broad SMARTS) is 1. The quantitative estimate of drug-likeness (QED) is 0.766. The van der Waals surface area contributed by atoms with Crippen LogP contribution in [0, 0.1) is 5.82 Å². The molecule has 0 aromatic heterocycles. The minimum Gasteiger partial charge on any atom is -0.480 e. The van der Waals surface area contributed by atoms with Gasteiger partial charge in [-0.1, -0.05) is 11.6 Å². The van der Waals surface area contributed by atoms with E-state index in [0.29, 0.717) is 0 Å². The molecule has 0 saturated heterocycles. The molecule has 0 spiro atoms. The largest absolute Gasteiger partial charge is 0.480 e. The zero-order valence-electron chi connectivity index (χ0n) is 9.35. The van der Waals surface area contributed by atoms with Crippen molar-refractivity contribution in [3.8, 4) is 0 Å². The molecule has 0 aliphatic carbocycles. The van der Waals surface area contributed by atoms with Crippen molar-refractivity contribution in [3.05, 3.63) is 34.6 Å². The fourth-order valence-electron chi connectivity index (χ4n) is 1.25. The number of hydrogen-bond donors (Lipinski definition) is 3. The number of carboxylic acids is 1. The first kappa shape index (κ1) is 14.4. The summed E-state index contributed by atoms with van der Waals surface area (Å²) in [6.07, 6.45) is -1.26. The second kappa shape index (κ2) is 5.79. The van der Waals surface area contributed by atoms with E-state index in [1.807, 2.05) is 0 Å². The van der Waals surface area contributed by atoms with E-state index >= 15 is 0 Å². The molecule has 0 heterocycles. The van der Waals surface area contributed by atoms with E-state index in [-0.39, 0.29) is 10.6 Å². The Kier molecular flexibility index (Phi) is 4.63. The Bertz CT molecular complexity index is 478. The third-order valence-corrected chi connectivity index (χ3v) is 2.51. The third kappa shape index (κ3) is 3.41. The molecule has 0 saturated carbocycles. The third-order valence-electron chi connectivity index (χ3n) is 2.22. The zero-order chi connectivity index (χ0) is 13.9. The van der Waals surface area contributed by atoms with Crippen molar-refractivity contribution < 1.29 is 24.2 Å². The standard InChI is InChI=1S/C11H11ClFNO4/c1-5(15)9(11(17)18)14-10(16)6-2-3-8(13)7(12)4-6/h2-5,9,15H,1H3,(H,14,16)(H,17,18)/t5-,9+/m1/s1. The van der Waals surface area contributed by atoms with Crippen LogP contribution in [0.15, 0.2) is 18.2 Å². The first-order chi connectivity index (χ1) is 8.32. The summed E-state index contributed by atoms with van der Waals surface area (Å²) < 4.78 is 12.9. The smallest absolute Gasteiger partial charge is 0.328 e. The number of halogens is 2. The van der Waals surface area contributed by atoms with Crippen LogP contribution in [0.5, 0.6) is 0 Å². The number of aliphatic hydroxyl groups is 1. The molecule has 0 fully saturated rings. The lowest BCUT2D eigenvalue weighted by atomic mass is 10.1. The van der Waals surface area contributed by atoms with Crippen molar-refractivity contribution in [1.29, 1.82) is 0 Å². The normalized spacial score (nSPS) is 13.8. The highest BCUT2D eigenvalue weighted by molar-refractivity contribution is 6.31. The summed E-state index contributed by atoms with van der Waals surface area (Å²) in [5.41, 5.74) is 0.00769. The number of nitrogens with one attached hydrogen (secondary N) is 1. The van der Waals surface area contributed by atoms with Crippen LogP contribution in [-0.4, -0.2) is 34.2 Å². The minimum absolute atomic E-state index is 0.00769. The molecule has 98 valence electrons. The highest BCUT2D eigenvalue weighted by atomic mass is 35.5. The van der Waals surface area contributed by atoms with Gasteiger partial charge < -0.3 is 15.5 Å². The molecule has 2 atom stereocenters. The van der Waals surface area contributed by atoms with Crippen LogP contribution in [0.25, 0.3) is 0 Å². The van der Waals surface area contributed by atoms with Gasteiger partial charge in [-0.15, -0.1) is 0 Å². The SMILES string of the molecule is C[C@@H](O)[C@H](NC(=O)c1ccc(F)c(Cl)c1)C(=O)O. The lowest BCUT2D eigenvalue weighted by Gasteiger charge is -2.17. The van der Waals surface area contributed by atoms with Crippen LogP contribution < -0.4 is 5.32 Å². The van der Waals surface area contributed by atoms with E-state index in [9.17, 15) is 19.1 Å². The van der Waals surface area contributed by atoms with Gasteiger partial charge in [0.25, 0.3) is 5.91 Å². The van der Waals surface area contributed by atoms with Crippen molar-refractivity contribution >= 4 is 23.5 Å². The van der Waals surface area contributed by atoms with Crippen LogP contribution in [0.3, 0.4) is 0 Å². The molecule has 1 aromatic rings. The molecule has 0 radical (unpaired) electrons. The van der Waals surface area contributed by atoms with Gasteiger partial charge in [-0.3, -0.25) is 4.79 Å². The summed E-state index contributed by atoms with van der Waals surface area (Å²) in [5, 5.41) is 19.8. The van der Waals surface area contributed by atoms with Gasteiger partial charge in [0.2, 0.25) is 0 Å². The molecule has 1 aromatic carbocycles. The van der Waals surface area contributed by atoms with E-state index < -0.39 is 29.8 Å². The number of carbonyl (C=O) groups is 2. The topological polar surface area (TPSA) is 86.6 Å². The number of benzene rings is 1. The van der Waals surface area contributed by atoms with E-state index in [1.165, 1.54) is 6.92 Å². The van der Waals surface area contributed by atoms with Crippen molar-refractivity contribution in [3.63, 3.8) is 0 Å². The first-order valence-electron chi connectivity index (χ1n) is 4.99. The molecule has 1 amide bonds. The van der Waals surface area contributed by atoms with E-state index in [0.717, 1.165) is 18.2 Å². The summed E-state index contributed by atoms with van der Waals surface area (Å²) >= 11 is 5.50. The van der Waals surface area contributed by atoms with Gasteiger partial charge in [-0.2, -0.15) is 0 Å². The Morgan fingerprint density at radius 3 is 2.50 bits per heavy atom. The summed E-state index contributed by atoms with van der Waals surface area (Å²) in [5.74, 6) is -2.81. The molecular formula is C11H11ClFNO4. The predicted octanol–water partition coefficient (Wildman–Crippen LogP) is 1.04. The van der Waals surface area contributed by atoms with Gasteiger partial charge in [0, 0.05) is 5.56 Å². The van der Waals surface area contributed by atoms with Crippen molar-refractivity contribution in [2.45, 2.75) is 19.1 Å². The van der Waals surface area contributed by atoms with Gasteiger partial charge in [0.05, 0.1) is 11.1 Å². The molecule has 18 heavy (non-hydrogen) atoms. The minimum atomic E-state index is -1.44. The molecule has 7 heteroatoms. The molecule has 0 aliphatic rings. The Morgan fingerprint density at radius 1 is 1.44 bits per heavy atom. The summed E-state index contributed by atoms with van der Waals surface area (Å²) in [6.45, 7) is 1.23. The van der Waals surface area contributed by atoms with Crippen molar-refractivity contribution in [2.75, 3.05) is 0 Å². The van der Waals surface area contributed by atoms with Crippen LogP contribution in [-0.2, 0) is 4.79 Å². The number of rotatable bonds is 4. The van der Waals surface area contributed by atoms with Crippen LogP contribution in [0.2, 0.25) is 5.02 Å². The van der Waals surface area contributed by atoms with Gasteiger partial charge >= 0.3 is 5.97 Å². The van der Waals surface area contributed by atoms with Crippen molar-refractivity contribution in [1.82, 2.24) is 5.32 Å². The Balaban J connectivity index is 2.87. The maximum atomic E-state index is 12.9. The summed E-state index contributed by atoms with van der Waals surface area (Å²) in [6, 6.07) is 1.79. The Hall–Kier alpha value is -1.66. The van der Waals surface area contributed by atoms with Crippen LogP contribution >= 0.6 is 11.6 Å². The van der Waals surface area contributed by atoms with Crippen molar-refractivity contribution in [2.24, 2.45) is 0 Å². The Labute approximate surface area is 107 Å². The number of amides is 1.